The smallest absolute Gasteiger partial charge is 0.140 e. The molecule has 0 atom stereocenters. The molecule has 0 aliphatic carbocycles. The molecular formula is C33H23N4OPt-. The van der Waals surface area contributed by atoms with E-state index in [0.717, 1.165) is 56.3 Å². The van der Waals surface area contributed by atoms with Crippen LogP contribution in [0.3, 0.4) is 0 Å². The molecule has 0 saturated carbocycles. The largest absolute Gasteiger partial charge is 0.506 e. The molecule has 7 rings (SSSR count). The summed E-state index contributed by atoms with van der Waals surface area (Å²) >= 11 is 0. The Morgan fingerprint density at radius 3 is 2.36 bits per heavy atom. The summed E-state index contributed by atoms with van der Waals surface area (Å²) in [7, 11) is 2.07. The summed E-state index contributed by atoms with van der Waals surface area (Å²) in [5, 5.41) is 11.3. The fourth-order valence-electron chi connectivity index (χ4n) is 5.12. The number of aromatic nitrogens is 2. The number of phenols is 1. The van der Waals surface area contributed by atoms with Crippen LogP contribution in [-0.2, 0) is 21.1 Å². The molecule has 0 saturated heterocycles. The van der Waals surface area contributed by atoms with Crippen LogP contribution in [0.1, 0.15) is 0 Å². The van der Waals surface area contributed by atoms with Gasteiger partial charge in [-0.3, -0.25) is 4.98 Å². The third-order valence-corrected chi connectivity index (χ3v) is 7.03. The number of phenolic OH excluding ortho intramolecular Hbond substituents is 1. The summed E-state index contributed by atoms with van der Waals surface area (Å²) in [4.78, 5) is 13.9. The summed E-state index contributed by atoms with van der Waals surface area (Å²) in [5.74, 6) is 0.977. The number of fused-ring (bicyclic) bond motifs is 3. The number of aromatic hydroxyl groups is 1. The van der Waals surface area contributed by atoms with Gasteiger partial charge in [0.25, 0.3) is 0 Å². The maximum absolute atomic E-state index is 10.4. The zero-order valence-corrected chi connectivity index (χ0v) is 23.3. The van der Waals surface area contributed by atoms with Crippen molar-refractivity contribution in [1.29, 1.82) is 0 Å². The number of pyridine rings is 2. The van der Waals surface area contributed by atoms with Crippen LogP contribution in [0.15, 0.2) is 115 Å². The average molecular weight is 687 g/mol. The van der Waals surface area contributed by atoms with Gasteiger partial charge < -0.3 is 14.9 Å². The number of hydrogen-bond donors (Lipinski definition) is 1. The first-order valence-electron chi connectivity index (χ1n) is 12.5. The van der Waals surface area contributed by atoms with E-state index in [1.54, 1.807) is 6.07 Å². The third-order valence-electron chi connectivity index (χ3n) is 7.03. The van der Waals surface area contributed by atoms with Gasteiger partial charge in [-0.25, -0.2) is 4.98 Å². The standard InChI is InChI=1S/C33H23N4O.Pt/c1-36-27-11-5-6-12-29(27)37(32-21-24(18-19-34-32)22-8-3-2-4-9-22)30-20-25(15-17-28(30)36)26-16-14-23-10-7-13-31(38)33(23)35-26;/h2-19,21,38H,1H3;/q-1;. The van der Waals surface area contributed by atoms with Crippen LogP contribution >= 0.6 is 0 Å². The Kier molecular flexibility index (Phi) is 6.38. The van der Waals surface area contributed by atoms with Gasteiger partial charge in [-0.2, -0.15) is 0 Å². The number of anilines is 5. The number of nitrogens with zero attached hydrogens (tertiary/aromatic N) is 4. The van der Waals surface area contributed by atoms with Crippen LogP contribution in [-0.4, -0.2) is 22.1 Å². The molecule has 1 N–H and O–H groups in total. The molecule has 0 bridgehead atoms. The van der Waals surface area contributed by atoms with Crippen LogP contribution in [0.25, 0.3) is 33.3 Å². The molecule has 1 aliphatic rings. The second-order valence-corrected chi connectivity index (χ2v) is 9.30. The van der Waals surface area contributed by atoms with Crippen molar-refractivity contribution in [2.45, 2.75) is 0 Å². The van der Waals surface area contributed by atoms with Gasteiger partial charge in [-0.1, -0.05) is 66.7 Å². The molecule has 0 amide bonds. The first kappa shape index (κ1) is 24.8. The van der Waals surface area contributed by atoms with Crippen molar-refractivity contribution in [1.82, 2.24) is 9.97 Å². The molecule has 6 heteroatoms. The summed E-state index contributed by atoms with van der Waals surface area (Å²) < 4.78 is 0. The van der Waals surface area contributed by atoms with E-state index in [1.165, 1.54) is 0 Å². The molecule has 4 aromatic carbocycles. The normalized spacial score (nSPS) is 12.0. The molecule has 2 aromatic heterocycles. The number of rotatable bonds is 3. The van der Waals surface area contributed by atoms with Gasteiger partial charge in [-0.05, 0) is 58.5 Å². The summed E-state index contributed by atoms with van der Waals surface area (Å²) in [6.45, 7) is 0. The Bertz CT molecular complexity index is 1820. The number of para-hydroxylation sites is 3. The van der Waals surface area contributed by atoms with E-state index >= 15 is 0 Å². The first-order valence-corrected chi connectivity index (χ1v) is 12.5. The van der Waals surface area contributed by atoms with Crippen LogP contribution in [0.2, 0.25) is 0 Å². The first-order chi connectivity index (χ1) is 18.7. The van der Waals surface area contributed by atoms with Crippen LogP contribution in [0.5, 0.6) is 5.75 Å². The van der Waals surface area contributed by atoms with E-state index in [0.29, 0.717) is 5.52 Å². The van der Waals surface area contributed by atoms with Gasteiger partial charge in [0.15, 0.2) is 0 Å². The van der Waals surface area contributed by atoms with E-state index < -0.39 is 0 Å². The second kappa shape index (κ2) is 10.0. The van der Waals surface area contributed by atoms with E-state index in [1.807, 2.05) is 66.9 Å². The molecule has 1 aliphatic heterocycles. The van der Waals surface area contributed by atoms with Crippen molar-refractivity contribution < 1.29 is 26.2 Å². The Balaban J connectivity index is 0.00000277. The molecule has 5 nitrogen and oxygen atoms in total. The van der Waals surface area contributed by atoms with Crippen molar-refractivity contribution in [3.8, 4) is 28.1 Å². The molecular weight excluding hydrogens is 663 g/mol. The summed E-state index contributed by atoms with van der Waals surface area (Å²) in [5.41, 5.74) is 8.41. The van der Waals surface area contributed by atoms with Crippen molar-refractivity contribution in [2.75, 3.05) is 16.8 Å². The van der Waals surface area contributed by atoms with Gasteiger partial charge in [-0.15, -0.1) is 23.8 Å². The average Bonchev–Trinajstić information content (AvgIpc) is 2.98. The van der Waals surface area contributed by atoms with E-state index in [9.17, 15) is 5.11 Å². The Labute approximate surface area is 241 Å². The second-order valence-electron chi connectivity index (χ2n) is 9.30. The Morgan fingerprint density at radius 1 is 0.718 bits per heavy atom. The molecule has 192 valence electrons. The summed E-state index contributed by atoms with van der Waals surface area (Å²) in [6, 6.07) is 40.0. The molecule has 0 fully saturated rings. The molecule has 0 spiro atoms. The van der Waals surface area contributed by atoms with Crippen molar-refractivity contribution in [3.63, 3.8) is 0 Å². The topological polar surface area (TPSA) is 52.5 Å². The Hall–Kier alpha value is -4.47. The zero-order chi connectivity index (χ0) is 25.6. The monoisotopic (exact) mass is 686 g/mol. The third kappa shape index (κ3) is 4.25. The minimum absolute atomic E-state index is 0. The van der Waals surface area contributed by atoms with Crippen LogP contribution < -0.4 is 9.80 Å². The molecule has 0 unspecified atom stereocenters. The van der Waals surface area contributed by atoms with E-state index in [-0.39, 0.29) is 26.8 Å². The van der Waals surface area contributed by atoms with Gasteiger partial charge in [0, 0.05) is 39.7 Å². The van der Waals surface area contributed by atoms with Gasteiger partial charge in [0.1, 0.15) is 17.1 Å². The van der Waals surface area contributed by atoms with Crippen molar-refractivity contribution >= 4 is 39.5 Å². The SMILES string of the molecule is CN1c2ccc(-c3ccc4cccc(O)c4n3)[c-]c2N(c2cc(-c3ccccc3)ccn2)c2ccccc21.[Pt]. The minimum atomic E-state index is 0. The molecule has 39 heavy (non-hydrogen) atoms. The van der Waals surface area contributed by atoms with Gasteiger partial charge in [0.05, 0.1) is 11.4 Å². The van der Waals surface area contributed by atoms with Crippen LogP contribution in [0.4, 0.5) is 28.6 Å². The van der Waals surface area contributed by atoms with E-state index in [2.05, 4.69) is 65.4 Å². The zero-order valence-electron chi connectivity index (χ0n) is 21.0. The summed E-state index contributed by atoms with van der Waals surface area (Å²) in [6.07, 6.45) is 1.86. The van der Waals surface area contributed by atoms with Crippen molar-refractivity contribution in [2.24, 2.45) is 0 Å². The molecule has 3 heterocycles. The predicted molar refractivity (Wildman–Crippen MR) is 154 cm³/mol. The maximum Gasteiger partial charge on any atom is 0.140 e. The minimum Gasteiger partial charge on any atom is -0.506 e. The fourth-order valence-corrected chi connectivity index (χ4v) is 5.12. The number of benzene rings is 4. The quantitative estimate of drug-likeness (QED) is 0.191. The van der Waals surface area contributed by atoms with Crippen molar-refractivity contribution in [3.05, 3.63) is 121 Å². The number of hydrogen-bond acceptors (Lipinski definition) is 5. The molecule has 6 aromatic rings. The van der Waals surface area contributed by atoms with Gasteiger partial charge >= 0.3 is 0 Å². The fraction of sp³-hybridized carbons (Fsp3) is 0.0303. The molecule has 0 radical (unpaired) electrons. The maximum atomic E-state index is 10.4. The van der Waals surface area contributed by atoms with Gasteiger partial charge in [0.2, 0.25) is 0 Å². The van der Waals surface area contributed by atoms with E-state index in [4.69, 9.17) is 9.97 Å². The predicted octanol–water partition coefficient (Wildman–Crippen LogP) is 8.02. The Morgan fingerprint density at radius 2 is 1.51 bits per heavy atom. The van der Waals surface area contributed by atoms with Crippen LogP contribution in [0, 0.1) is 6.07 Å².